The summed E-state index contributed by atoms with van der Waals surface area (Å²) in [4.78, 5) is 35.5. The first-order valence-corrected chi connectivity index (χ1v) is 11.3. The van der Waals surface area contributed by atoms with Crippen LogP contribution in [-0.4, -0.2) is 52.8 Å². The number of likely N-dealkylation sites (tertiary alicyclic amines) is 2. The van der Waals surface area contributed by atoms with E-state index in [1.165, 1.54) is 4.88 Å². The Morgan fingerprint density at radius 3 is 2.83 bits per heavy atom. The molecule has 0 saturated carbocycles. The van der Waals surface area contributed by atoms with E-state index in [0.29, 0.717) is 18.9 Å². The predicted octanol–water partition coefficient (Wildman–Crippen LogP) is 3.47. The molecule has 2 aromatic heterocycles. The smallest absolute Gasteiger partial charge is 0.237 e. The van der Waals surface area contributed by atoms with E-state index in [2.05, 4.69) is 32.7 Å². The van der Waals surface area contributed by atoms with Crippen LogP contribution in [0.5, 0.6) is 0 Å². The number of hydrogen-bond acceptors (Lipinski definition) is 5. The standard InChI is InChI=1S/C22H28N4O2S/c1-16-6-2-10-20(23-16)24-22(28)17-7-3-11-25(14-17)15-21(27)26-12-4-8-18(26)19-9-5-13-29-19/h2,5-6,9-10,13,17-18H,3-4,7-8,11-12,14-15H2,1H3,(H,23,24,28). The highest BCUT2D eigenvalue weighted by molar-refractivity contribution is 7.10. The largest absolute Gasteiger partial charge is 0.334 e. The number of anilines is 1. The molecule has 0 aliphatic carbocycles. The summed E-state index contributed by atoms with van der Waals surface area (Å²) in [5.74, 6) is 0.671. The number of pyridine rings is 1. The van der Waals surface area contributed by atoms with Crippen molar-refractivity contribution >= 4 is 29.0 Å². The lowest BCUT2D eigenvalue weighted by atomic mass is 9.97. The second-order valence-corrected chi connectivity index (χ2v) is 8.97. The number of aromatic nitrogens is 1. The molecule has 154 valence electrons. The lowest BCUT2D eigenvalue weighted by molar-refractivity contribution is -0.134. The van der Waals surface area contributed by atoms with Crippen molar-refractivity contribution < 1.29 is 9.59 Å². The van der Waals surface area contributed by atoms with Gasteiger partial charge in [-0.2, -0.15) is 0 Å². The minimum atomic E-state index is -0.106. The third kappa shape index (κ3) is 4.85. The van der Waals surface area contributed by atoms with Crippen LogP contribution in [0.15, 0.2) is 35.7 Å². The minimum absolute atomic E-state index is 0.00196. The Hall–Kier alpha value is -2.25. The molecule has 0 bridgehead atoms. The Balaban J connectivity index is 1.33. The number of amides is 2. The highest BCUT2D eigenvalue weighted by Gasteiger charge is 2.33. The minimum Gasteiger partial charge on any atom is -0.334 e. The normalized spacial score (nSPS) is 22.6. The zero-order valence-corrected chi connectivity index (χ0v) is 17.7. The number of aryl methyl sites for hydroxylation is 1. The van der Waals surface area contributed by atoms with E-state index in [1.807, 2.05) is 30.0 Å². The zero-order valence-electron chi connectivity index (χ0n) is 16.8. The average Bonchev–Trinajstić information content (AvgIpc) is 3.39. The van der Waals surface area contributed by atoms with Crippen LogP contribution in [0, 0.1) is 12.8 Å². The summed E-state index contributed by atoms with van der Waals surface area (Å²) < 4.78 is 0. The molecule has 4 heterocycles. The van der Waals surface area contributed by atoms with Gasteiger partial charge in [0.15, 0.2) is 0 Å². The van der Waals surface area contributed by atoms with Crippen molar-refractivity contribution in [3.63, 3.8) is 0 Å². The van der Waals surface area contributed by atoms with Crippen LogP contribution in [0.1, 0.15) is 42.3 Å². The topological polar surface area (TPSA) is 65.5 Å². The van der Waals surface area contributed by atoms with E-state index >= 15 is 0 Å². The summed E-state index contributed by atoms with van der Waals surface area (Å²) in [7, 11) is 0. The lowest BCUT2D eigenvalue weighted by Crippen LogP contribution is -2.46. The van der Waals surface area contributed by atoms with Crippen LogP contribution in [0.2, 0.25) is 0 Å². The maximum absolute atomic E-state index is 13.0. The molecule has 2 aliphatic heterocycles. The third-order valence-electron chi connectivity index (χ3n) is 5.82. The highest BCUT2D eigenvalue weighted by atomic mass is 32.1. The van der Waals surface area contributed by atoms with Gasteiger partial charge in [-0.3, -0.25) is 14.5 Å². The fourth-order valence-corrected chi connectivity index (χ4v) is 5.25. The molecule has 2 atom stereocenters. The van der Waals surface area contributed by atoms with E-state index in [-0.39, 0.29) is 23.8 Å². The van der Waals surface area contributed by atoms with Crippen LogP contribution in [0.25, 0.3) is 0 Å². The summed E-state index contributed by atoms with van der Waals surface area (Å²) in [6.07, 6.45) is 3.88. The quantitative estimate of drug-likeness (QED) is 0.817. The van der Waals surface area contributed by atoms with Crippen LogP contribution < -0.4 is 5.32 Å². The van der Waals surface area contributed by atoms with E-state index in [4.69, 9.17) is 0 Å². The van der Waals surface area contributed by atoms with Gasteiger partial charge in [0, 0.05) is 23.7 Å². The Labute approximate surface area is 175 Å². The molecule has 0 radical (unpaired) electrons. The van der Waals surface area contributed by atoms with E-state index in [0.717, 1.165) is 44.5 Å². The number of nitrogens with one attached hydrogen (secondary N) is 1. The number of rotatable bonds is 5. The molecule has 2 saturated heterocycles. The molecular formula is C22H28N4O2S. The number of carbonyl (C=O) groups excluding carboxylic acids is 2. The van der Waals surface area contributed by atoms with Crippen LogP contribution >= 0.6 is 11.3 Å². The van der Waals surface area contributed by atoms with Crippen molar-refractivity contribution in [1.29, 1.82) is 0 Å². The predicted molar refractivity (Wildman–Crippen MR) is 115 cm³/mol. The lowest BCUT2D eigenvalue weighted by Gasteiger charge is -2.33. The van der Waals surface area contributed by atoms with Crippen molar-refractivity contribution in [2.75, 3.05) is 31.5 Å². The first-order valence-electron chi connectivity index (χ1n) is 10.4. The van der Waals surface area contributed by atoms with Crippen molar-refractivity contribution in [3.8, 4) is 0 Å². The van der Waals surface area contributed by atoms with E-state index in [9.17, 15) is 9.59 Å². The molecule has 2 fully saturated rings. The maximum Gasteiger partial charge on any atom is 0.237 e. The van der Waals surface area contributed by atoms with Gasteiger partial charge in [0.1, 0.15) is 5.82 Å². The molecule has 2 aliphatic rings. The van der Waals surface area contributed by atoms with Crippen LogP contribution in [-0.2, 0) is 9.59 Å². The Morgan fingerprint density at radius 2 is 2.03 bits per heavy atom. The molecule has 0 aromatic carbocycles. The molecule has 4 rings (SSSR count). The number of thiophene rings is 1. The van der Waals surface area contributed by atoms with Gasteiger partial charge >= 0.3 is 0 Å². The van der Waals surface area contributed by atoms with Crippen molar-refractivity contribution in [1.82, 2.24) is 14.8 Å². The summed E-state index contributed by atoms with van der Waals surface area (Å²) in [6, 6.07) is 10.0. The second-order valence-electron chi connectivity index (χ2n) is 7.99. The fraction of sp³-hybridized carbons (Fsp3) is 0.500. The van der Waals surface area contributed by atoms with Crippen LogP contribution in [0.4, 0.5) is 5.82 Å². The third-order valence-corrected chi connectivity index (χ3v) is 6.79. The molecule has 0 spiro atoms. The summed E-state index contributed by atoms with van der Waals surface area (Å²) in [5, 5.41) is 5.01. The fourth-order valence-electron chi connectivity index (χ4n) is 4.38. The van der Waals surface area contributed by atoms with E-state index in [1.54, 1.807) is 11.3 Å². The Kier molecular flexibility index (Phi) is 6.25. The van der Waals surface area contributed by atoms with Crippen molar-refractivity contribution in [2.24, 2.45) is 5.92 Å². The number of piperidine rings is 1. The van der Waals surface area contributed by atoms with Gasteiger partial charge in [-0.15, -0.1) is 11.3 Å². The van der Waals surface area contributed by atoms with Crippen molar-refractivity contribution in [3.05, 3.63) is 46.3 Å². The number of hydrogen-bond donors (Lipinski definition) is 1. The van der Waals surface area contributed by atoms with Gasteiger partial charge in [-0.05, 0) is 62.7 Å². The maximum atomic E-state index is 13.0. The van der Waals surface area contributed by atoms with Gasteiger partial charge < -0.3 is 10.2 Å². The first kappa shape index (κ1) is 20.0. The Morgan fingerprint density at radius 1 is 1.17 bits per heavy atom. The van der Waals surface area contributed by atoms with Gasteiger partial charge in [0.25, 0.3) is 0 Å². The molecule has 7 heteroatoms. The van der Waals surface area contributed by atoms with Crippen LogP contribution in [0.3, 0.4) is 0 Å². The van der Waals surface area contributed by atoms with Gasteiger partial charge in [-0.1, -0.05) is 12.1 Å². The molecule has 29 heavy (non-hydrogen) atoms. The first-order chi connectivity index (χ1) is 14.1. The molecule has 6 nitrogen and oxygen atoms in total. The number of carbonyl (C=O) groups is 2. The summed E-state index contributed by atoms with van der Waals surface area (Å²) in [5.41, 5.74) is 0.879. The SMILES string of the molecule is Cc1cccc(NC(=O)C2CCCN(CC(=O)N3CCCC3c3cccs3)C2)n1. The second kappa shape index (κ2) is 9.05. The number of nitrogens with zero attached hydrogens (tertiary/aromatic N) is 3. The zero-order chi connectivity index (χ0) is 20.2. The van der Waals surface area contributed by atoms with Gasteiger partial charge in [0.05, 0.1) is 18.5 Å². The molecular weight excluding hydrogens is 384 g/mol. The van der Waals surface area contributed by atoms with Gasteiger partial charge in [-0.25, -0.2) is 4.98 Å². The van der Waals surface area contributed by atoms with E-state index < -0.39 is 0 Å². The monoisotopic (exact) mass is 412 g/mol. The average molecular weight is 413 g/mol. The molecule has 1 N–H and O–H groups in total. The van der Waals surface area contributed by atoms with Gasteiger partial charge in [0.2, 0.25) is 11.8 Å². The molecule has 2 unspecified atom stereocenters. The highest BCUT2D eigenvalue weighted by Crippen LogP contribution is 2.34. The summed E-state index contributed by atoms with van der Waals surface area (Å²) in [6.45, 7) is 4.63. The Bertz CT molecular complexity index is 854. The molecule has 2 amide bonds. The summed E-state index contributed by atoms with van der Waals surface area (Å²) >= 11 is 1.73. The molecule has 2 aromatic rings. The van der Waals surface area contributed by atoms with Crippen molar-refractivity contribution in [2.45, 2.75) is 38.6 Å².